The highest BCUT2D eigenvalue weighted by Gasteiger charge is 2.25. The van der Waals surface area contributed by atoms with Crippen molar-refractivity contribution in [1.82, 2.24) is 19.7 Å². The van der Waals surface area contributed by atoms with Crippen LogP contribution in [0.5, 0.6) is 0 Å². The third kappa shape index (κ3) is 3.32. The average molecular weight is 383 g/mol. The number of halogens is 1. The molecule has 1 aliphatic rings. The molecule has 0 fully saturated rings. The first-order valence-corrected chi connectivity index (χ1v) is 7.87. The molecule has 2 aromatic rings. The molecule has 9 nitrogen and oxygen atoms in total. The SMILES string of the molecule is COCc1nc2n(n1)CCCC2Nc1ncc([N+](=O)[O-])cc1Br. The van der Waals surface area contributed by atoms with E-state index >= 15 is 0 Å². The number of pyridine rings is 1. The van der Waals surface area contributed by atoms with Crippen molar-refractivity contribution in [1.29, 1.82) is 0 Å². The van der Waals surface area contributed by atoms with E-state index in [0.29, 0.717) is 22.7 Å². The molecule has 1 N–H and O–H groups in total. The fourth-order valence-electron chi connectivity index (χ4n) is 2.53. The Morgan fingerprint density at radius 3 is 3.13 bits per heavy atom. The molecular formula is C13H15BrN6O3. The van der Waals surface area contributed by atoms with E-state index in [0.717, 1.165) is 25.2 Å². The minimum Gasteiger partial charge on any atom is -0.377 e. The first kappa shape index (κ1) is 15.8. The van der Waals surface area contributed by atoms with E-state index in [-0.39, 0.29) is 11.7 Å². The molecule has 0 spiro atoms. The van der Waals surface area contributed by atoms with Crippen molar-refractivity contribution < 1.29 is 9.66 Å². The average Bonchev–Trinajstić information content (AvgIpc) is 2.93. The summed E-state index contributed by atoms with van der Waals surface area (Å²) in [5.74, 6) is 2.02. The van der Waals surface area contributed by atoms with Gasteiger partial charge in [0.2, 0.25) is 0 Å². The lowest BCUT2D eigenvalue weighted by atomic mass is 10.1. The van der Waals surface area contributed by atoms with Crippen molar-refractivity contribution in [3.05, 3.63) is 38.5 Å². The van der Waals surface area contributed by atoms with Crippen LogP contribution in [0.25, 0.3) is 0 Å². The Kier molecular flexibility index (Phi) is 4.53. The number of rotatable bonds is 5. The molecule has 2 aromatic heterocycles. The zero-order valence-electron chi connectivity index (χ0n) is 12.4. The quantitative estimate of drug-likeness (QED) is 0.624. The van der Waals surface area contributed by atoms with Gasteiger partial charge in [-0.1, -0.05) is 0 Å². The van der Waals surface area contributed by atoms with Crippen LogP contribution in [0.3, 0.4) is 0 Å². The molecule has 3 heterocycles. The van der Waals surface area contributed by atoms with E-state index in [9.17, 15) is 10.1 Å². The van der Waals surface area contributed by atoms with Crippen molar-refractivity contribution in [3.8, 4) is 0 Å². The Morgan fingerprint density at radius 2 is 2.43 bits per heavy atom. The van der Waals surface area contributed by atoms with Gasteiger partial charge < -0.3 is 10.1 Å². The summed E-state index contributed by atoms with van der Waals surface area (Å²) in [5.41, 5.74) is -0.0587. The lowest BCUT2D eigenvalue weighted by Crippen LogP contribution is -2.23. The van der Waals surface area contributed by atoms with Gasteiger partial charge in [0.1, 0.15) is 24.4 Å². The second-order valence-corrected chi connectivity index (χ2v) is 6.02. The van der Waals surface area contributed by atoms with Crippen LogP contribution in [-0.4, -0.2) is 31.8 Å². The normalized spacial score (nSPS) is 16.9. The summed E-state index contributed by atoms with van der Waals surface area (Å²) < 4.78 is 7.48. The maximum atomic E-state index is 10.8. The van der Waals surface area contributed by atoms with Crippen LogP contribution in [0, 0.1) is 10.1 Å². The summed E-state index contributed by atoms with van der Waals surface area (Å²) in [6.07, 6.45) is 3.08. The second-order valence-electron chi connectivity index (χ2n) is 5.16. The smallest absolute Gasteiger partial charge is 0.288 e. The molecule has 23 heavy (non-hydrogen) atoms. The Balaban J connectivity index is 1.83. The van der Waals surface area contributed by atoms with Crippen molar-refractivity contribution in [2.45, 2.75) is 32.0 Å². The largest absolute Gasteiger partial charge is 0.377 e. The van der Waals surface area contributed by atoms with Crippen LogP contribution < -0.4 is 5.32 Å². The monoisotopic (exact) mass is 382 g/mol. The van der Waals surface area contributed by atoms with Crippen LogP contribution in [0.1, 0.15) is 30.5 Å². The summed E-state index contributed by atoms with van der Waals surface area (Å²) in [5, 5.41) is 18.5. The van der Waals surface area contributed by atoms with Crippen LogP contribution in [0.15, 0.2) is 16.7 Å². The number of ether oxygens (including phenoxy) is 1. The Labute approximate surface area is 140 Å². The topological polar surface area (TPSA) is 108 Å². The third-order valence-corrected chi connectivity index (χ3v) is 4.15. The summed E-state index contributed by atoms with van der Waals surface area (Å²) in [4.78, 5) is 18.9. The van der Waals surface area contributed by atoms with Crippen LogP contribution >= 0.6 is 15.9 Å². The molecule has 122 valence electrons. The zero-order chi connectivity index (χ0) is 16.4. The van der Waals surface area contributed by atoms with Crippen LogP contribution in [0.4, 0.5) is 11.5 Å². The van der Waals surface area contributed by atoms with Crippen molar-refractivity contribution >= 4 is 27.4 Å². The number of hydrogen-bond donors (Lipinski definition) is 1. The first-order valence-electron chi connectivity index (χ1n) is 7.07. The Bertz CT molecular complexity index is 734. The number of nitro groups is 1. The number of nitrogens with one attached hydrogen (secondary N) is 1. The van der Waals surface area contributed by atoms with E-state index in [1.165, 1.54) is 12.3 Å². The van der Waals surface area contributed by atoms with E-state index in [1.54, 1.807) is 7.11 Å². The van der Waals surface area contributed by atoms with Gasteiger partial charge in [0, 0.05) is 19.7 Å². The molecule has 1 unspecified atom stereocenters. The van der Waals surface area contributed by atoms with Gasteiger partial charge in [-0.05, 0) is 28.8 Å². The van der Waals surface area contributed by atoms with E-state index in [2.05, 4.69) is 36.3 Å². The molecule has 0 aliphatic carbocycles. The number of aromatic nitrogens is 4. The Hall–Kier alpha value is -2.07. The lowest BCUT2D eigenvalue weighted by molar-refractivity contribution is -0.385. The summed E-state index contributed by atoms with van der Waals surface area (Å²) in [7, 11) is 1.60. The maximum absolute atomic E-state index is 10.8. The molecule has 1 aliphatic heterocycles. The molecule has 0 amide bonds. The lowest BCUT2D eigenvalue weighted by Gasteiger charge is -2.23. The van der Waals surface area contributed by atoms with Gasteiger partial charge >= 0.3 is 0 Å². The number of anilines is 1. The number of nitrogens with zero attached hydrogens (tertiary/aromatic N) is 5. The molecule has 0 saturated heterocycles. The molecule has 0 bridgehead atoms. The minimum atomic E-state index is -0.476. The molecule has 0 radical (unpaired) electrons. The first-order chi connectivity index (χ1) is 11.1. The molecular weight excluding hydrogens is 368 g/mol. The van der Waals surface area contributed by atoms with Gasteiger partial charge in [0.05, 0.1) is 15.4 Å². The maximum Gasteiger partial charge on any atom is 0.288 e. The van der Waals surface area contributed by atoms with E-state index in [4.69, 9.17) is 4.74 Å². The van der Waals surface area contributed by atoms with Gasteiger partial charge in [-0.3, -0.25) is 10.1 Å². The zero-order valence-corrected chi connectivity index (χ0v) is 14.0. The third-order valence-electron chi connectivity index (χ3n) is 3.54. The van der Waals surface area contributed by atoms with Gasteiger partial charge in [-0.2, -0.15) is 5.10 Å². The van der Waals surface area contributed by atoms with Crippen LogP contribution in [0.2, 0.25) is 0 Å². The fraction of sp³-hybridized carbons (Fsp3) is 0.462. The van der Waals surface area contributed by atoms with Gasteiger partial charge in [-0.15, -0.1) is 0 Å². The fourth-order valence-corrected chi connectivity index (χ4v) is 2.98. The number of hydrogen-bond acceptors (Lipinski definition) is 7. The number of fused-ring (bicyclic) bond motifs is 1. The predicted molar refractivity (Wildman–Crippen MR) is 84.9 cm³/mol. The highest BCUT2D eigenvalue weighted by molar-refractivity contribution is 9.10. The van der Waals surface area contributed by atoms with Crippen molar-refractivity contribution in [3.63, 3.8) is 0 Å². The molecule has 10 heteroatoms. The summed E-state index contributed by atoms with van der Waals surface area (Å²) in [6.45, 7) is 1.19. The highest BCUT2D eigenvalue weighted by Crippen LogP contribution is 2.31. The molecule has 3 rings (SSSR count). The second kappa shape index (κ2) is 6.59. The van der Waals surface area contributed by atoms with E-state index in [1.807, 2.05) is 4.68 Å². The standard InChI is InChI=1S/C13H15BrN6O3/c1-23-7-11-17-13-10(3-2-4-19(13)18-11)16-12-9(14)5-8(6-15-12)20(21)22/h5-6,10H,2-4,7H2,1H3,(H,15,16). The molecule has 0 aromatic carbocycles. The molecule has 0 saturated carbocycles. The van der Waals surface area contributed by atoms with Crippen molar-refractivity contribution in [2.75, 3.05) is 12.4 Å². The van der Waals surface area contributed by atoms with E-state index < -0.39 is 4.92 Å². The number of aryl methyl sites for hydroxylation is 1. The summed E-state index contributed by atoms with van der Waals surface area (Å²) >= 11 is 3.32. The predicted octanol–water partition coefficient (Wildman–Crippen LogP) is 2.44. The van der Waals surface area contributed by atoms with Gasteiger partial charge in [0.25, 0.3) is 5.69 Å². The van der Waals surface area contributed by atoms with Gasteiger partial charge in [-0.25, -0.2) is 14.6 Å². The highest BCUT2D eigenvalue weighted by atomic mass is 79.9. The minimum absolute atomic E-state index is 0.0490. The van der Waals surface area contributed by atoms with Gasteiger partial charge in [0.15, 0.2) is 5.82 Å². The summed E-state index contributed by atoms with van der Waals surface area (Å²) in [6, 6.07) is 1.38. The Morgan fingerprint density at radius 1 is 1.61 bits per heavy atom. The molecule has 1 atom stereocenters. The van der Waals surface area contributed by atoms with Crippen molar-refractivity contribution in [2.24, 2.45) is 0 Å². The number of methoxy groups -OCH3 is 1. The van der Waals surface area contributed by atoms with Crippen LogP contribution in [-0.2, 0) is 17.9 Å².